The normalized spacial score (nSPS) is 13.6. The molecule has 0 aromatic heterocycles. The zero-order valence-electron chi connectivity index (χ0n) is 8.28. The summed E-state index contributed by atoms with van der Waals surface area (Å²) < 4.78 is 36.9. The zero-order valence-corrected chi connectivity index (χ0v) is 8.28. The van der Waals surface area contributed by atoms with E-state index >= 15 is 0 Å². The maximum atomic E-state index is 12.3. The second kappa shape index (κ2) is 4.09. The number of alkyl halides is 3. The molecular formula is C9H9F3N2O2. The minimum absolute atomic E-state index is 0.306. The number of hydrogen-bond donors (Lipinski definition) is 1. The smallest absolute Gasteiger partial charge is 0.316 e. The second-order valence-corrected chi connectivity index (χ2v) is 3.38. The van der Waals surface area contributed by atoms with Crippen molar-refractivity contribution in [3.8, 4) is 0 Å². The van der Waals surface area contributed by atoms with E-state index in [-0.39, 0.29) is 5.56 Å². The van der Waals surface area contributed by atoms with E-state index in [1.54, 1.807) is 0 Å². The predicted molar refractivity (Wildman–Crippen MR) is 50.8 cm³/mol. The van der Waals surface area contributed by atoms with Crippen molar-refractivity contribution in [3.05, 3.63) is 39.4 Å². The largest absolute Gasteiger partial charge is 0.407 e. The molecule has 0 aliphatic heterocycles. The molecule has 0 heterocycles. The van der Waals surface area contributed by atoms with Crippen LogP contribution in [-0.4, -0.2) is 11.1 Å². The molecule has 1 atom stereocenters. The van der Waals surface area contributed by atoms with Crippen molar-refractivity contribution in [1.29, 1.82) is 0 Å². The zero-order chi connectivity index (χ0) is 12.5. The number of non-ortho nitro benzene ring substituents is 1. The molecule has 16 heavy (non-hydrogen) atoms. The van der Waals surface area contributed by atoms with Crippen molar-refractivity contribution in [2.75, 3.05) is 0 Å². The molecule has 1 aromatic carbocycles. The molecule has 0 aliphatic rings. The fraction of sp³-hybridized carbons (Fsp3) is 0.333. The van der Waals surface area contributed by atoms with Crippen LogP contribution in [0.1, 0.15) is 17.2 Å². The van der Waals surface area contributed by atoms with Gasteiger partial charge in [-0.05, 0) is 18.1 Å². The number of nitro groups is 1. The Hall–Kier alpha value is -1.63. The van der Waals surface area contributed by atoms with Crippen LogP contribution in [0.2, 0.25) is 0 Å². The van der Waals surface area contributed by atoms with Crippen LogP contribution in [0.4, 0.5) is 18.9 Å². The monoisotopic (exact) mass is 234 g/mol. The van der Waals surface area contributed by atoms with Crippen molar-refractivity contribution >= 4 is 5.69 Å². The molecule has 0 spiro atoms. The fourth-order valence-corrected chi connectivity index (χ4v) is 1.27. The molecule has 0 aliphatic carbocycles. The summed E-state index contributed by atoms with van der Waals surface area (Å²) in [5, 5.41) is 10.5. The number of hydrogen-bond acceptors (Lipinski definition) is 3. The minimum atomic E-state index is -4.61. The van der Waals surface area contributed by atoms with Crippen LogP contribution in [0.15, 0.2) is 18.2 Å². The van der Waals surface area contributed by atoms with Gasteiger partial charge in [0.15, 0.2) is 0 Å². The maximum absolute atomic E-state index is 12.3. The van der Waals surface area contributed by atoms with Gasteiger partial charge in [0.2, 0.25) is 0 Å². The molecule has 1 aromatic rings. The lowest BCUT2D eigenvalue weighted by molar-refractivity contribution is -0.385. The first-order valence-electron chi connectivity index (χ1n) is 4.30. The number of aryl methyl sites for hydroxylation is 1. The van der Waals surface area contributed by atoms with Crippen molar-refractivity contribution in [2.45, 2.75) is 19.1 Å². The van der Waals surface area contributed by atoms with Gasteiger partial charge in [0.25, 0.3) is 5.69 Å². The average molecular weight is 234 g/mol. The van der Waals surface area contributed by atoms with Crippen LogP contribution in [0.5, 0.6) is 0 Å². The topological polar surface area (TPSA) is 69.2 Å². The Bertz CT molecular complexity index is 418. The number of halogens is 3. The summed E-state index contributed by atoms with van der Waals surface area (Å²) in [5.74, 6) is 0. The van der Waals surface area contributed by atoms with Gasteiger partial charge < -0.3 is 5.73 Å². The molecule has 0 saturated carbocycles. The Labute approximate surface area is 89.0 Å². The number of rotatable bonds is 2. The van der Waals surface area contributed by atoms with Gasteiger partial charge in [-0.3, -0.25) is 10.1 Å². The lowest BCUT2D eigenvalue weighted by Gasteiger charge is -2.16. The van der Waals surface area contributed by atoms with Gasteiger partial charge in [-0.25, -0.2) is 0 Å². The van der Waals surface area contributed by atoms with E-state index in [1.165, 1.54) is 19.1 Å². The fourth-order valence-electron chi connectivity index (χ4n) is 1.27. The number of nitro benzene ring substituents is 1. The molecule has 0 amide bonds. The Balaban J connectivity index is 3.20. The van der Waals surface area contributed by atoms with Crippen LogP contribution in [0.3, 0.4) is 0 Å². The van der Waals surface area contributed by atoms with Crippen LogP contribution in [0.25, 0.3) is 0 Å². The van der Waals surface area contributed by atoms with Gasteiger partial charge in [-0.15, -0.1) is 0 Å². The highest BCUT2D eigenvalue weighted by Gasteiger charge is 2.38. The predicted octanol–water partition coefficient (Wildman–Crippen LogP) is 2.47. The van der Waals surface area contributed by atoms with Gasteiger partial charge in [0, 0.05) is 12.1 Å². The molecular weight excluding hydrogens is 225 g/mol. The quantitative estimate of drug-likeness (QED) is 0.631. The van der Waals surface area contributed by atoms with Crippen molar-refractivity contribution in [1.82, 2.24) is 0 Å². The molecule has 1 rings (SSSR count). The SMILES string of the molecule is Cc1cc(C(N)C(F)(F)F)cc([N+](=O)[O-])c1. The summed E-state index contributed by atoms with van der Waals surface area (Å²) in [5.41, 5.74) is 4.63. The van der Waals surface area contributed by atoms with E-state index in [9.17, 15) is 23.3 Å². The van der Waals surface area contributed by atoms with Gasteiger partial charge >= 0.3 is 6.18 Å². The Morgan fingerprint density at radius 1 is 1.38 bits per heavy atom. The summed E-state index contributed by atoms with van der Waals surface area (Å²) in [6.07, 6.45) is -4.61. The van der Waals surface area contributed by atoms with Crippen LogP contribution in [-0.2, 0) is 0 Å². The first kappa shape index (κ1) is 12.4. The van der Waals surface area contributed by atoms with E-state index in [2.05, 4.69) is 0 Å². The summed E-state index contributed by atoms with van der Waals surface area (Å²) in [6, 6.07) is 1.01. The van der Waals surface area contributed by atoms with Gasteiger partial charge in [0.1, 0.15) is 6.04 Å². The molecule has 0 fully saturated rings. The summed E-state index contributed by atoms with van der Waals surface area (Å²) >= 11 is 0. The molecule has 7 heteroatoms. The molecule has 2 N–H and O–H groups in total. The Morgan fingerprint density at radius 3 is 2.38 bits per heavy atom. The summed E-state index contributed by atoms with van der Waals surface area (Å²) in [7, 11) is 0. The minimum Gasteiger partial charge on any atom is -0.316 e. The van der Waals surface area contributed by atoms with E-state index < -0.39 is 22.8 Å². The van der Waals surface area contributed by atoms with Crippen LogP contribution < -0.4 is 5.73 Å². The van der Waals surface area contributed by atoms with Crippen LogP contribution >= 0.6 is 0 Å². The number of nitrogens with zero attached hydrogens (tertiary/aromatic N) is 1. The lowest BCUT2D eigenvalue weighted by atomic mass is 10.0. The van der Waals surface area contributed by atoms with E-state index in [4.69, 9.17) is 5.73 Å². The third-order valence-corrected chi connectivity index (χ3v) is 2.01. The third-order valence-electron chi connectivity index (χ3n) is 2.01. The highest BCUT2D eigenvalue weighted by molar-refractivity contribution is 5.40. The Morgan fingerprint density at radius 2 is 1.94 bits per heavy atom. The van der Waals surface area contributed by atoms with Crippen molar-refractivity contribution < 1.29 is 18.1 Å². The third kappa shape index (κ3) is 2.69. The molecule has 0 saturated heterocycles. The van der Waals surface area contributed by atoms with Crippen molar-refractivity contribution in [3.63, 3.8) is 0 Å². The number of benzene rings is 1. The highest BCUT2D eigenvalue weighted by atomic mass is 19.4. The van der Waals surface area contributed by atoms with Gasteiger partial charge in [-0.2, -0.15) is 13.2 Å². The van der Waals surface area contributed by atoms with Gasteiger partial charge in [0.05, 0.1) is 4.92 Å². The van der Waals surface area contributed by atoms with E-state index in [0.717, 1.165) is 6.07 Å². The van der Waals surface area contributed by atoms with E-state index in [1.807, 2.05) is 0 Å². The molecule has 4 nitrogen and oxygen atoms in total. The average Bonchev–Trinajstić information content (AvgIpc) is 2.14. The first-order chi connectivity index (χ1) is 7.21. The first-order valence-corrected chi connectivity index (χ1v) is 4.30. The summed E-state index contributed by atoms with van der Waals surface area (Å²) in [6.45, 7) is 1.47. The van der Waals surface area contributed by atoms with Gasteiger partial charge in [-0.1, -0.05) is 6.07 Å². The highest BCUT2D eigenvalue weighted by Crippen LogP contribution is 2.32. The lowest BCUT2D eigenvalue weighted by Crippen LogP contribution is -2.28. The molecule has 0 bridgehead atoms. The van der Waals surface area contributed by atoms with Crippen molar-refractivity contribution in [2.24, 2.45) is 5.73 Å². The maximum Gasteiger partial charge on any atom is 0.407 e. The second-order valence-electron chi connectivity index (χ2n) is 3.38. The van der Waals surface area contributed by atoms with Crippen LogP contribution in [0, 0.1) is 17.0 Å². The number of nitrogens with two attached hydrogens (primary N) is 1. The van der Waals surface area contributed by atoms with E-state index in [0.29, 0.717) is 5.56 Å². The summed E-state index contributed by atoms with van der Waals surface area (Å²) in [4.78, 5) is 9.71. The molecule has 88 valence electrons. The Kier molecular flexibility index (Phi) is 3.18. The molecule has 1 unspecified atom stereocenters. The molecule has 0 radical (unpaired) electrons. The standard InChI is InChI=1S/C9H9F3N2O2/c1-5-2-6(8(13)9(10,11)12)4-7(3-5)14(15)16/h2-4,8H,13H2,1H3.